The summed E-state index contributed by atoms with van der Waals surface area (Å²) in [6.45, 7) is 3.00. The first kappa shape index (κ1) is 16.0. The Morgan fingerprint density at radius 1 is 1.30 bits per heavy atom. The van der Waals surface area contributed by atoms with Crippen molar-refractivity contribution in [2.75, 3.05) is 0 Å². The van der Waals surface area contributed by atoms with Crippen LogP contribution in [-0.2, 0) is 19.1 Å². The quantitative estimate of drug-likeness (QED) is 0.461. The van der Waals surface area contributed by atoms with Gasteiger partial charge in [0.15, 0.2) is 12.6 Å². The van der Waals surface area contributed by atoms with Gasteiger partial charge in [-0.25, -0.2) is 4.79 Å². The monoisotopic (exact) mass is 278 g/mol. The van der Waals surface area contributed by atoms with Gasteiger partial charge in [0, 0.05) is 5.92 Å². The van der Waals surface area contributed by atoms with Crippen LogP contribution in [0.2, 0.25) is 0 Å². The highest BCUT2D eigenvalue weighted by Gasteiger charge is 2.43. The summed E-state index contributed by atoms with van der Waals surface area (Å²) in [5.74, 6) is -1.60. The van der Waals surface area contributed by atoms with Crippen LogP contribution in [0.5, 0.6) is 0 Å². The lowest BCUT2D eigenvalue weighted by molar-refractivity contribution is -0.174. The molecule has 0 radical (unpaired) electrons. The number of ether oxygens (including phenoxy) is 1. The van der Waals surface area contributed by atoms with E-state index in [2.05, 4.69) is 0 Å². The number of benzene rings is 1. The molecular formula is C15H18O5. The lowest BCUT2D eigenvalue weighted by atomic mass is 9.81. The van der Waals surface area contributed by atoms with Crippen molar-refractivity contribution < 1.29 is 24.2 Å². The first-order valence-corrected chi connectivity index (χ1v) is 6.39. The molecule has 0 saturated carbocycles. The summed E-state index contributed by atoms with van der Waals surface area (Å²) >= 11 is 0. The van der Waals surface area contributed by atoms with Crippen LogP contribution < -0.4 is 0 Å². The van der Waals surface area contributed by atoms with Gasteiger partial charge in [0.1, 0.15) is 6.10 Å². The number of carbonyl (C=O) groups is 3. The number of esters is 1. The van der Waals surface area contributed by atoms with E-state index in [1.165, 1.54) is 6.92 Å². The largest absolute Gasteiger partial charge is 0.441 e. The maximum atomic E-state index is 11.5. The molecular weight excluding hydrogens is 260 g/mol. The SMILES string of the molecule is CCC(c1ccccc1)C(C=O)(C=O)OC(=O)C(C)O. The molecule has 1 aromatic rings. The standard InChI is InChI=1S/C15H18O5/c1-3-13(12-7-5-4-6-8-12)15(9-16,10-17)20-14(19)11(2)18/h4-11,13,18H,3H2,1-2H3. The van der Waals surface area contributed by atoms with E-state index < -0.39 is 23.6 Å². The van der Waals surface area contributed by atoms with Crippen molar-refractivity contribution in [3.63, 3.8) is 0 Å². The zero-order valence-corrected chi connectivity index (χ0v) is 11.5. The van der Waals surface area contributed by atoms with E-state index in [-0.39, 0.29) is 0 Å². The predicted molar refractivity (Wildman–Crippen MR) is 72.1 cm³/mol. The van der Waals surface area contributed by atoms with Crippen molar-refractivity contribution in [3.8, 4) is 0 Å². The first-order valence-electron chi connectivity index (χ1n) is 6.39. The summed E-state index contributed by atoms with van der Waals surface area (Å²) in [5.41, 5.74) is -1.20. The Hall–Kier alpha value is -2.01. The summed E-state index contributed by atoms with van der Waals surface area (Å²) in [6.07, 6.45) is -0.333. The summed E-state index contributed by atoms with van der Waals surface area (Å²) in [5, 5.41) is 9.19. The number of hydrogen-bond acceptors (Lipinski definition) is 5. The molecule has 20 heavy (non-hydrogen) atoms. The van der Waals surface area contributed by atoms with E-state index in [4.69, 9.17) is 4.74 Å². The zero-order chi connectivity index (χ0) is 15.2. The molecule has 1 N–H and O–H groups in total. The smallest absolute Gasteiger partial charge is 0.336 e. The molecule has 2 unspecified atom stereocenters. The third-order valence-corrected chi connectivity index (χ3v) is 3.14. The number of aliphatic hydroxyl groups excluding tert-OH is 1. The topological polar surface area (TPSA) is 80.7 Å². The van der Waals surface area contributed by atoms with E-state index in [1.807, 2.05) is 6.07 Å². The van der Waals surface area contributed by atoms with E-state index >= 15 is 0 Å². The van der Waals surface area contributed by atoms with Gasteiger partial charge in [0.25, 0.3) is 0 Å². The number of aliphatic hydroxyl groups is 1. The van der Waals surface area contributed by atoms with Crippen LogP contribution in [0.3, 0.4) is 0 Å². The van der Waals surface area contributed by atoms with Gasteiger partial charge in [-0.1, -0.05) is 37.3 Å². The van der Waals surface area contributed by atoms with Crippen LogP contribution in [0, 0.1) is 0 Å². The van der Waals surface area contributed by atoms with Crippen LogP contribution in [0.1, 0.15) is 31.7 Å². The molecule has 0 bridgehead atoms. The molecule has 1 rings (SSSR count). The minimum Gasteiger partial charge on any atom is -0.441 e. The lowest BCUT2D eigenvalue weighted by Crippen LogP contribution is -2.46. The van der Waals surface area contributed by atoms with E-state index in [9.17, 15) is 19.5 Å². The van der Waals surface area contributed by atoms with Gasteiger partial charge in [-0.3, -0.25) is 9.59 Å². The Morgan fingerprint density at radius 2 is 1.85 bits per heavy atom. The Balaban J connectivity index is 3.19. The zero-order valence-electron chi connectivity index (χ0n) is 11.5. The Morgan fingerprint density at radius 3 is 2.25 bits per heavy atom. The van der Waals surface area contributed by atoms with E-state index in [0.717, 1.165) is 0 Å². The normalized spacial score (nSPS) is 14.2. The summed E-state index contributed by atoms with van der Waals surface area (Å²) < 4.78 is 4.98. The Kier molecular flexibility index (Phi) is 5.58. The molecule has 0 heterocycles. The first-order chi connectivity index (χ1) is 9.50. The molecule has 0 fully saturated rings. The Labute approximate surface area is 117 Å². The molecule has 0 aliphatic carbocycles. The van der Waals surface area contributed by atoms with Crippen molar-refractivity contribution in [3.05, 3.63) is 35.9 Å². The summed E-state index contributed by atoms with van der Waals surface area (Å²) in [7, 11) is 0. The van der Waals surface area contributed by atoms with E-state index in [0.29, 0.717) is 24.6 Å². The van der Waals surface area contributed by atoms with Gasteiger partial charge < -0.3 is 9.84 Å². The number of rotatable bonds is 7. The molecule has 0 amide bonds. The average Bonchev–Trinajstić information content (AvgIpc) is 2.47. The fraction of sp³-hybridized carbons (Fsp3) is 0.400. The minimum atomic E-state index is -1.91. The lowest BCUT2D eigenvalue weighted by Gasteiger charge is -2.31. The van der Waals surface area contributed by atoms with Crippen molar-refractivity contribution >= 4 is 18.5 Å². The van der Waals surface area contributed by atoms with Gasteiger partial charge in [0.05, 0.1) is 0 Å². The predicted octanol–water partition coefficient (Wildman–Crippen LogP) is 1.24. The van der Waals surface area contributed by atoms with Gasteiger partial charge in [-0.05, 0) is 18.9 Å². The van der Waals surface area contributed by atoms with Crippen LogP contribution in [0.15, 0.2) is 30.3 Å². The highest BCUT2D eigenvalue weighted by molar-refractivity contribution is 5.93. The third-order valence-electron chi connectivity index (χ3n) is 3.14. The van der Waals surface area contributed by atoms with Gasteiger partial charge in [0.2, 0.25) is 5.60 Å². The van der Waals surface area contributed by atoms with Gasteiger partial charge in [-0.15, -0.1) is 0 Å². The van der Waals surface area contributed by atoms with Gasteiger partial charge >= 0.3 is 5.97 Å². The molecule has 0 aromatic heterocycles. The van der Waals surface area contributed by atoms with E-state index in [1.54, 1.807) is 31.2 Å². The summed E-state index contributed by atoms with van der Waals surface area (Å²) in [6, 6.07) is 8.86. The molecule has 1 aromatic carbocycles. The van der Waals surface area contributed by atoms with Crippen LogP contribution in [-0.4, -0.2) is 35.4 Å². The molecule has 0 saturated heterocycles. The minimum absolute atomic E-state index is 0.321. The number of carbonyl (C=O) groups excluding carboxylic acids is 3. The van der Waals surface area contributed by atoms with Crippen LogP contribution in [0.25, 0.3) is 0 Å². The van der Waals surface area contributed by atoms with Crippen molar-refractivity contribution in [2.45, 2.75) is 37.9 Å². The number of aldehydes is 2. The van der Waals surface area contributed by atoms with Crippen LogP contribution in [0.4, 0.5) is 0 Å². The van der Waals surface area contributed by atoms with Crippen molar-refractivity contribution in [1.29, 1.82) is 0 Å². The molecule has 0 aliphatic rings. The fourth-order valence-electron chi connectivity index (χ4n) is 2.07. The van der Waals surface area contributed by atoms with Crippen molar-refractivity contribution in [2.24, 2.45) is 0 Å². The third kappa shape index (κ3) is 3.30. The van der Waals surface area contributed by atoms with Crippen LogP contribution >= 0.6 is 0 Å². The molecule has 0 spiro atoms. The molecule has 5 heteroatoms. The average molecular weight is 278 g/mol. The Bertz CT molecular complexity index is 458. The maximum Gasteiger partial charge on any atom is 0.336 e. The molecule has 108 valence electrons. The second kappa shape index (κ2) is 6.96. The fourth-order valence-corrected chi connectivity index (χ4v) is 2.07. The number of hydrogen-bond donors (Lipinski definition) is 1. The summed E-state index contributed by atoms with van der Waals surface area (Å²) in [4.78, 5) is 34.3. The molecule has 5 nitrogen and oxygen atoms in total. The van der Waals surface area contributed by atoms with Crippen molar-refractivity contribution in [1.82, 2.24) is 0 Å². The second-order valence-corrected chi connectivity index (χ2v) is 4.56. The highest BCUT2D eigenvalue weighted by Crippen LogP contribution is 2.32. The second-order valence-electron chi connectivity index (χ2n) is 4.56. The highest BCUT2D eigenvalue weighted by atomic mass is 16.6. The molecule has 0 aliphatic heterocycles. The molecule has 2 atom stereocenters. The van der Waals surface area contributed by atoms with Gasteiger partial charge in [-0.2, -0.15) is 0 Å². The maximum absolute atomic E-state index is 11.5.